The summed E-state index contributed by atoms with van der Waals surface area (Å²) in [5.74, 6) is -5.36. The summed E-state index contributed by atoms with van der Waals surface area (Å²) in [6, 6.07) is 28.4. The summed E-state index contributed by atoms with van der Waals surface area (Å²) in [5, 5.41) is 13.9. The van der Waals surface area contributed by atoms with E-state index in [4.69, 9.17) is 23.9 Å². The van der Waals surface area contributed by atoms with Gasteiger partial charge in [0.15, 0.2) is 6.73 Å². The highest BCUT2D eigenvalue weighted by Gasteiger charge is 2.52. The summed E-state index contributed by atoms with van der Waals surface area (Å²) in [6.07, 6.45) is 4.56. The average Bonchev–Trinajstić information content (AvgIpc) is 1.58. The number of nitrogens with one attached hydrogen (secondary N) is 1. The van der Waals surface area contributed by atoms with Crippen LogP contribution in [0.5, 0.6) is 0 Å². The first-order chi connectivity index (χ1) is 48.4. The van der Waals surface area contributed by atoms with E-state index in [1.54, 1.807) is 11.5 Å². The van der Waals surface area contributed by atoms with E-state index < -0.39 is 78.4 Å². The zero-order chi connectivity index (χ0) is 75.9. The van der Waals surface area contributed by atoms with E-state index in [0.717, 1.165) is 25.7 Å². The molecule has 3 aromatic carbocycles. The Kier molecular flexibility index (Phi) is 26.1. The summed E-state index contributed by atoms with van der Waals surface area (Å²) in [7, 11) is 0. The predicted octanol–water partition coefficient (Wildman–Crippen LogP) is 19.6. The number of aliphatic carboxylic acids is 1. The van der Waals surface area contributed by atoms with Gasteiger partial charge >= 0.3 is 29.8 Å². The minimum absolute atomic E-state index is 0.0170. The zero-order valence-electron chi connectivity index (χ0n) is 65.6. The van der Waals surface area contributed by atoms with Gasteiger partial charge in [-0.15, -0.1) is 0 Å². The molecule has 1 amide bonds. The number of carbonyl (C=O) groups is 7. The Morgan fingerprint density at radius 3 is 1.57 bits per heavy atom. The number of carboxylic acid groups (broad SMARTS) is 1. The predicted molar refractivity (Wildman–Crippen MR) is 409 cm³/mol. The molecule has 15 heteroatoms. The zero-order valence-corrected chi connectivity index (χ0v) is 65.6. The number of aromatic nitrogens is 1. The molecule has 15 nitrogen and oxygen atoms in total. The van der Waals surface area contributed by atoms with E-state index in [9.17, 15) is 14.7 Å². The summed E-state index contributed by atoms with van der Waals surface area (Å²) in [5.41, 5.74) is 0.276. The Bertz CT molecular complexity index is 3770. The van der Waals surface area contributed by atoms with Crippen molar-refractivity contribution in [2.45, 2.75) is 253 Å². The molecule has 2 aliphatic heterocycles. The van der Waals surface area contributed by atoms with Crippen LogP contribution in [0.25, 0.3) is 22.3 Å². The van der Waals surface area contributed by atoms with Crippen molar-refractivity contribution >= 4 is 58.5 Å². The summed E-state index contributed by atoms with van der Waals surface area (Å²) >= 11 is 0. The average molecular weight is 1410 g/mol. The van der Waals surface area contributed by atoms with Gasteiger partial charge in [-0.1, -0.05) is 235 Å². The number of esters is 4. The van der Waals surface area contributed by atoms with Gasteiger partial charge in [-0.3, -0.25) is 19.2 Å². The van der Waals surface area contributed by atoms with Gasteiger partial charge in [0.25, 0.3) is 0 Å². The largest absolute Gasteiger partial charge is 0.481 e. The molecule has 0 radical (unpaired) electrons. The number of amidine groups is 1. The normalized spacial score (nSPS) is 23.3. The number of carbonyl (C=O) groups excluding carboxylic acids is 6. The van der Waals surface area contributed by atoms with Gasteiger partial charge in [0.2, 0.25) is 5.91 Å². The second-order valence-electron chi connectivity index (χ2n) is 35.0. The van der Waals surface area contributed by atoms with Crippen LogP contribution in [0.15, 0.2) is 119 Å². The maximum absolute atomic E-state index is 17.2. The molecule has 4 aromatic rings. The van der Waals surface area contributed by atoms with Crippen molar-refractivity contribution in [3.8, 4) is 11.1 Å². The van der Waals surface area contributed by atoms with Crippen molar-refractivity contribution < 1.29 is 57.6 Å². The third-order valence-electron chi connectivity index (χ3n) is 23.8. The van der Waals surface area contributed by atoms with Gasteiger partial charge < -0.3 is 33.9 Å². The van der Waals surface area contributed by atoms with E-state index in [2.05, 4.69) is 109 Å². The smallest absolute Gasteiger partial charge is 0.342 e. The highest BCUT2D eigenvalue weighted by Crippen LogP contribution is 2.54. The number of nitrogens with zero attached hydrogens (tertiary/aromatic N) is 2. The maximum atomic E-state index is 17.2. The minimum Gasteiger partial charge on any atom is -0.481 e. The highest BCUT2D eigenvalue weighted by atomic mass is 16.6. The number of Topliss-reactive ketones (excluding diaryl/α,β-unsaturated/α-hetero) is 1. The molecule has 2 bridgehead atoms. The molecule has 2 saturated carbocycles. The number of fused-ring (bicyclic) bond motifs is 2. The van der Waals surface area contributed by atoms with Crippen LogP contribution in [0.4, 0.5) is 0 Å². The van der Waals surface area contributed by atoms with Gasteiger partial charge in [0.1, 0.15) is 29.4 Å². The number of hydrogen-bond donors (Lipinski definition) is 2. The van der Waals surface area contributed by atoms with Crippen molar-refractivity contribution in [3.63, 3.8) is 0 Å². The fraction of sp³-hybridized carbons (Fsp3) is 0.591. The van der Waals surface area contributed by atoms with Crippen LogP contribution < -0.4 is 5.32 Å². The number of rotatable bonds is 21. The summed E-state index contributed by atoms with van der Waals surface area (Å²) < 4.78 is 28.8. The van der Waals surface area contributed by atoms with Crippen LogP contribution >= 0.6 is 0 Å². The van der Waals surface area contributed by atoms with E-state index in [1.165, 1.54) is 0 Å². The molecule has 8 rings (SSSR count). The molecular formula is C88H121N3O12. The lowest BCUT2D eigenvalue weighted by molar-refractivity contribution is -0.164. The number of cyclic esters (lactones) is 1. The molecule has 5 atom stereocenters. The van der Waals surface area contributed by atoms with Crippen LogP contribution in [0.1, 0.15) is 261 Å². The second kappa shape index (κ2) is 33.2. The molecule has 2 fully saturated rings. The first-order valence-electron chi connectivity index (χ1n) is 38.3. The number of aliphatic imine (C=N–C) groups is 1. The van der Waals surface area contributed by atoms with Gasteiger partial charge in [-0.2, -0.15) is 0 Å². The van der Waals surface area contributed by atoms with Gasteiger partial charge in [0, 0.05) is 68.9 Å². The van der Waals surface area contributed by atoms with Crippen molar-refractivity contribution in [1.82, 2.24) is 9.88 Å². The van der Waals surface area contributed by atoms with Crippen LogP contribution in [0, 0.1) is 73.9 Å². The third-order valence-corrected chi connectivity index (χ3v) is 23.8. The van der Waals surface area contributed by atoms with Crippen LogP contribution in [-0.4, -0.2) is 75.9 Å². The maximum Gasteiger partial charge on any atom is 0.342 e. The lowest BCUT2D eigenvalue weighted by Gasteiger charge is -2.50. The van der Waals surface area contributed by atoms with Gasteiger partial charge in [-0.05, 0) is 134 Å². The highest BCUT2D eigenvalue weighted by molar-refractivity contribution is 6.32. The molecule has 2 N–H and O–H groups in total. The summed E-state index contributed by atoms with van der Waals surface area (Å²) in [4.78, 5) is 113. The molecule has 0 saturated heterocycles. The van der Waals surface area contributed by atoms with Crippen LogP contribution in [-0.2, 0) is 60.9 Å². The molecule has 4 aliphatic rings. The molecular weight excluding hydrogens is 1290 g/mol. The fourth-order valence-corrected chi connectivity index (χ4v) is 17.3. The van der Waals surface area contributed by atoms with Crippen LogP contribution in [0.2, 0.25) is 0 Å². The van der Waals surface area contributed by atoms with E-state index >= 15 is 24.0 Å². The standard InChI is InChI=1S/C88H121N3O12/c1-21-87(22-2,45-36-46-100-78(95)54(5)6)66(92)52-65-71(80(97)102-75-61(83(9,10)11)47-55(7)48-62(75)84(12,13)14)69(58-39-30-26-31-40-58)74-70(59-41-32-27-33-42-59)73-68(57-37-28-25-29-38-57)72(81(98)103-76-63(85(15,16)17)49-56(8)50-64(76)86(18,19)20)77(89-73)90-82(99)88(23-3,24-4)44-35-34-43-60(51-67(93)94)79(96)101-53-91(65)74/h25-33,37-42,55-56,60-64,75-76H,5,21-24,34-36,43-53H2,1-4,6-20H3,(H,93,94)(H,89,90,99). The lowest BCUT2D eigenvalue weighted by Crippen LogP contribution is -2.50. The topological polar surface area (TPSA) is 206 Å². The molecule has 0 spiro atoms. The van der Waals surface area contributed by atoms with E-state index in [1.807, 2.05) is 119 Å². The molecule has 5 unspecified atom stereocenters. The number of carboxylic acids is 1. The number of hydrogen-bond acceptors (Lipinski definition) is 12. The molecule has 1 aromatic heterocycles. The van der Waals surface area contributed by atoms with Crippen molar-refractivity contribution in [3.05, 3.63) is 142 Å². The first kappa shape index (κ1) is 81.0. The minimum atomic E-state index is -1.20. The Balaban J connectivity index is 1.62. The van der Waals surface area contributed by atoms with Crippen molar-refractivity contribution in [2.24, 2.45) is 78.9 Å². The first-order valence-corrected chi connectivity index (χ1v) is 38.3. The van der Waals surface area contributed by atoms with Crippen molar-refractivity contribution in [2.75, 3.05) is 6.61 Å². The number of ether oxygens (including phenoxy) is 4. The number of benzene rings is 3. The van der Waals surface area contributed by atoms with Gasteiger partial charge in [0.05, 0.1) is 35.9 Å². The molecule has 103 heavy (non-hydrogen) atoms. The molecule has 3 heterocycles. The lowest BCUT2D eigenvalue weighted by atomic mass is 9.59. The van der Waals surface area contributed by atoms with E-state index in [0.29, 0.717) is 103 Å². The number of allylic oxidation sites excluding steroid dienone is 1. The summed E-state index contributed by atoms with van der Waals surface area (Å²) in [6.45, 7) is 43.6. The van der Waals surface area contributed by atoms with Gasteiger partial charge in [-0.25, -0.2) is 19.4 Å². The number of amides is 1. The van der Waals surface area contributed by atoms with Crippen molar-refractivity contribution in [1.29, 1.82) is 0 Å². The number of ketones is 1. The third kappa shape index (κ3) is 18.3. The second-order valence-corrected chi connectivity index (χ2v) is 35.0. The quantitative estimate of drug-likeness (QED) is 0.0346. The Hall–Kier alpha value is -7.68. The monoisotopic (exact) mass is 1410 g/mol. The Morgan fingerprint density at radius 2 is 1.13 bits per heavy atom. The molecule has 2 aliphatic carbocycles. The SMILES string of the molecule is C=C(C)C(=O)OCCCC(CC)(CC)C(=O)Cc1c(C(=O)OC2C(C(C)(C)C)CC(C)CC2C(C)(C)C)c(-c2ccccc2)c2n1COC(=O)C(CC(=O)O)CCCCC(CC)(CC)C(=O)NC1=NC(=C2c2ccccc2)C(c2ccccc2)=C1C(=O)OC1C(C(C)(C)C)CC(C)CC1C(C)(C)C. The Labute approximate surface area is 615 Å². The molecule has 560 valence electrons. The Morgan fingerprint density at radius 1 is 0.660 bits per heavy atom. The van der Waals surface area contributed by atoms with E-state index in [-0.39, 0.29) is 110 Å². The fourth-order valence-electron chi connectivity index (χ4n) is 17.3. The van der Waals surface area contributed by atoms with Crippen LogP contribution in [0.3, 0.4) is 0 Å².